The van der Waals surface area contributed by atoms with Crippen molar-refractivity contribution in [2.45, 2.75) is 39.8 Å². The molecule has 1 aromatic rings. The van der Waals surface area contributed by atoms with Gasteiger partial charge in [0.2, 0.25) is 0 Å². The number of hydrogen-bond donors (Lipinski definition) is 1. The molecule has 0 spiro atoms. The van der Waals surface area contributed by atoms with Gasteiger partial charge < -0.3 is 5.32 Å². The van der Waals surface area contributed by atoms with Gasteiger partial charge in [-0.05, 0) is 17.5 Å². The minimum Gasteiger partial charge on any atom is -0.317 e. The maximum absolute atomic E-state index is 12.3. The molecule has 21 heavy (non-hydrogen) atoms. The number of nitrogens with one attached hydrogen (secondary N) is 1. The van der Waals surface area contributed by atoms with E-state index in [0.717, 1.165) is 6.42 Å². The zero-order chi connectivity index (χ0) is 16.1. The van der Waals surface area contributed by atoms with Crippen molar-refractivity contribution < 1.29 is 18.0 Å². The first-order valence-electron chi connectivity index (χ1n) is 6.62. The van der Waals surface area contributed by atoms with Crippen LogP contribution in [0.3, 0.4) is 0 Å². The van der Waals surface area contributed by atoms with Crippen molar-refractivity contribution >= 4 is 11.6 Å². The second kappa shape index (κ2) is 6.66. The molecule has 2 nitrogen and oxygen atoms in total. The Labute approximate surface area is 122 Å². The van der Waals surface area contributed by atoms with E-state index in [9.17, 15) is 18.0 Å². The van der Waals surface area contributed by atoms with Crippen LogP contribution < -0.4 is 5.32 Å². The van der Waals surface area contributed by atoms with Crippen molar-refractivity contribution in [3.8, 4) is 11.8 Å². The summed E-state index contributed by atoms with van der Waals surface area (Å²) in [6, 6.07) is 6.20. The Kier molecular flexibility index (Phi) is 5.42. The number of carbonyl (C=O) groups is 1. The van der Waals surface area contributed by atoms with Crippen LogP contribution in [0.4, 0.5) is 18.9 Å². The van der Waals surface area contributed by atoms with Gasteiger partial charge in [0.1, 0.15) is 0 Å². The van der Waals surface area contributed by atoms with Crippen molar-refractivity contribution in [1.82, 2.24) is 0 Å². The normalized spacial score (nSPS) is 11.5. The van der Waals surface area contributed by atoms with Crippen molar-refractivity contribution in [2.75, 3.05) is 5.32 Å². The maximum Gasteiger partial charge on any atom is 0.471 e. The lowest BCUT2D eigenvalue weighted by atomic mass is 9.87. The monoisotopic (exact) mass is 297 g/mol. The highest BCUT2D eigenvalue weighted by molar-refractivity contribution is 5.96. The first-order chi connectivity index (χ1) is 9.65. The molecular formula is C16H18F3NO. The third-order valence-corrected chi connectivity index (χ3v) is 3.18. The second-order valence-corrected chi connectivity index (χ2v) is 5.49. The lowest BCUT2D eigenvalue weighted by Gasteiger charge is -2.18. The third-order valence-electron chi connectivity index (χ3n) is 3.18. The summed E-state index contributed by atoms with van der Waals surface area (Å²) >= 11 is 0. The predicted molar refractivity (Wildman–Crippen MR) is 76.7 cm³/mol. The summed E-state index contributed by atoms with van der Waals surface area (Å²) in [5.41, 5.74) is 0.501. The van der Waals surface area contributed by atoms with Crippen LogP contribution in [0.5, 0.6) is 0 Å². The molecule has 0 aromatic heterocycles. The highest BCUT2D eigenvalue weighted by atomic mass is 19.4. The quantitative estimate of drug-likeness (QED) is 0.825. The largest absolute Gasteiger partial charge is 0.471 e. The van der Waals surface area contributed by atoms with Gasteiger partial charge in [0, 0.05) is 12.0 Å². The molecular weight excluding hydrogens is 279 g/mol. The molecule has 1 amide bonds. The van der Waals surface area contributed by atoms with E-state index in [0.29, 0.717) is 12.0 Å². The number of carbonyl (C=O) groups excluding carboxylic acids is 1. The molecule has 0 saturated heterocycles. The van der Waals surface area contributed by atoms with Crippen LogP contribution >= 0.6 is 0 Å². The van der Waals surface area contributed by atoms with Gasteiger partial charge in [0.25, 0.3) is 0 Å². The van der Waals surface area contributed by atoms with E-state index in [-0.39, 0.29) is 11.1 Å². The van der Waals surface area contributed by atoms with Gasteiger partial charge in [-0.1, -0.05) is 51.2 Å². The second-order valence-electron chi connectivity index (χ2n) is 5.49. The minimum atomic E-state index is -4.91. The highest BCUT2D eigenvalue weighted by Gasteiger charge is 2.38. The molecule has 1 rings (SSSR count). The molecule has 1 aromatic carbocycles. The van der Waals surface area contributed by atoms with Crippen LogP contribution in [0, 0.1) is 17.3 Å². The van der Waals surface area contributed by atoms with E-state index in [1.807, 2.05) is 5.32 Å². The summed E-state index contributed by atoms with van der Waals surface area (Å²) < 4.78 is 36.8. The molecule has 0 bridgehead atoms. The van der Waals surface area contributed by atoms with Crippen molar-refractivity contribution in [3.05, 3.63) is 29.8 Å². The number of anilines is 1. The van der Waals surface area contributed by atoms with Gasteiger partial charge in [0.05, 0.1) is 5.69 Å². The Bertz CT molecular complexity index is 565. The molecule has 5 heteroatoms. The van der Waals surface area contributed by atoms with Crippen molar-refractivity contribution in [1.29, 1.82) is 0 Å². The van der Waals surface area contributed by atoms with E-state index in [1.165, 1.54) is 6.07 Å². The summed E-state index contributed by atoms with van der Waals surface area (Å²) in [4.78, 5) is 11.0. The first-order valence-corrected chi connectivity index (χ1v) is 6.62. The molecule has 1 N–H and O–H groups in total. The lowest BCUT2D eigenvalue weighted by Crippen LogP contribution is -2.30. The van der Waals surface area contributed by atoms with Gasteiger partial charge in [-0.3, -0.25) is 4.79 Å². The number of hydrogen-bond acceptors (Lipinski definition) is 1. The molecule has 0 aliphatic carbocycles. The Morgan fingerprint density at radius 2 is 1.86 bits per heavy atom. The van der Waals surface area contributed by atoms with Gasteiger partial charge in [-0.2, -0.15) is 13.2 Å². The Balaban J connectivity index is 2.91. The first kappa shape index (κ1) is 17.1. The third kappa shape index (κ3) is 5.50. The Morgan fingerprint density at radius 1 is 1.24 bits per heavy atom. The summed E-state index contributed by atoms with van der Waals surface area (Å²) in [6.07, 6.45) is -3.33. The van der Waals surface area contributed by atoms with E-state index < -0.39 is 12.1 Å². The Hall–Kier alpha value is -1.96. The average Bonchev–Trinajstić information content (AvgIpc) is 2.39. The number of benzene rings is 1. The molecule has 0 heterocycles. The molecule has 0 radical (unpaired) electrons. The fourth-order valence-corrected chi connectivity index (χ4v) is 1.40. The number of amides is 1. The van der Waals surface area contributed by atoms with Crippen molar-refractivity contribution in [2.24, 2.45) is 5.41 Å². The van der Waals surface area contributed by atoms with Crippen LogP contribution in [0.2, 0.25) is 0 Å². The molecule has 0 atom stereocenters. The SMILES string of the molecule is CCC(C)(C)CC#Cc1ccccc1NC(=O)C(F)(F)F. The Morgan fingerprint density at radius 3 is 2.43 bits per heavy atom. The molecule has 0 fully saturated rings. The van der Waals surface area contributed by atoms with Crippen molar-refractivity contribution in [3.63, 3.8) is 0 Å². The van der Waals surface area contributed by atoms with Crippen LogP contribution in [0.15, 0.2) is 24.3 Å². The zero-order valence-corrected chi connectivity index (χ0v) is 12.3. The number of alkyl halides is 3. The van der Waals surface area contributed by atoms with Crippen LogP contribution in [0.25, 0.3) is 0 Å². The molecule has 114 valence electrons. The van der Waals surface area contributed by atoms with E-state index in [2.05, 4.69) is 32.6 Å². The molecule has 0 saturated carbocycles. The van der Waals surface area contributed by atoms with E-state index >= 15 is 0 Å². The summed E-state index contributed by atoms with van der Waals surface area (Å²) in [5.74, 6) is 3.80. The van der Waals surface area contributed by atoms with Gasteiger partial charge in [-0.15, -0.1) is 0 Å². The predicted octanol–water partition coefficient (Wildman–Crippen LogP) is 4.37. The van der Waals surface area contributed by atoms with Gasteiger partial charge >= 0.3 is 12.1 Å². The van der Waals surface area contributed by atoms with Crippen LogP contribution in [-0.4, -0.2) is 12.1 Å². The zero-order valence-electron chi connectivity index (χ0n) is 12.3. The smallest absolute Gasteiger partial charge is 0.317 e. The summed E-state index contributed by atoms with van der Waals surface area (Å²) in [5, 5.41) is 1.85. The topological polar surface area (TPSA) is 29.1 Å². The average molecular weight is 297 g/mol. The molecule has 0 aliphatic heterocycles. The number of halogens is 3. The maximum atomic E-state index is 12.3. The lowest BCUT2D eigenvalue weighted by molar-refractivity contribution is -0.167. The van der Waals surface area contributed by atoms with E-state index in [1.54, 1.807) is 18.2 Å². The number of para-hydroxylation sites is 1. The minimum absolute atomic E-state index is 0.0527. The highest BCUT2D eigenvalue weighted by Crippen LogP contribution is 2.24. The molecule has 0 aliphatic rings. The van der Waals surface area contributed by atoms with Gasteiger partial charge in [-0.25, -0.2) is 0 Å². The van der Waals surface area contributed by atoms with Crippen LogP contribution in [0.1, 0.15) is 39.2 Å². The molecule has 0 unspecified atom stereocenters. The van der Waals surface area contributed by atoms with Gasteiger partial charge in [0.15, 0.2) is 0 Å². The summed E-state index contributed by atoms with van der Waals surface area (Å²) in [6.45, 7) is 6.19. The fraction of sp³-hybridized carbons (Fsp3) is 0.438. The van der Waals surface area contributed by atoms with E-state index in [4.69, 9.17) is 0 Å². The number of rotatable bonds is 3. The summed E-state index contributed by atoms with van der Waals surface area (Å²) in [7, 11) is 0. The van der Waals surface area contributed by atoms with Crippen LogP contribution in [-0.2, 0) is 4.79 Å². The fourth-order valence-electron chi connectivity index (χ4n) is 1.40. The standard InChI is InChI=1S/C16H18F3NO/c1-4-15(2,3)11-7-9-12-8-5-6-10-13(12)20-14(21)16(17,18)19/h5-6,8,10H,4,11H2,1-3H3,(H,20,21).